The first-order valence-corrected chi connectivity index (χ1v) is 6.76. The minimum atomic E-state index is -0.925. The fraction of sp³-hybridized carbons (Fsp3) is 0.467. The summed E-state index contributed by atoms with van der Waals surface area (Å²) in [4.78, 5) is 22.8. The van der Waals surface area contributed by atoms with Crippen LogP contribution in [0.15, 0.2) is 18.2 Å². The van der Waals surface area contributed by atoms with E-state index in [1.54, 1.807) is 0 Å². The molecular formula is C15H22N2O3. The van der Waals surface area contributed by atoms with Crippen LogP contribution >= 0.6 is 0 Å². The van der Waals surface area contributed by atoms with Gasteiger partial charge in [0.15, 0.2) is 0 Å². The molecule has 110 valence electrons. The van der Waals surface area contributed by atoms with Crippen LogP contribution in [0, 0.1) is 13.8 Å². The second-order valence-corrected chi connectivity index (χ2v) is 4.98. The number of anilines is 1. The van der Waals surface area contributed by atoms with Crippen LogP contribution in [0.2, 0.25) is 0 Å². The Kier molecular flexibility index (Phi) is 6.18. The molecule has 0 bridgehead atoms. The van der Waals surface area contributed by atoms with Crippen molar-refractivity contribution >= 4 is 17.6 Å². The summed E-state index contributed by atoms with van der Waals surface area (Å²) >= 11 is 0. The lowest BCUT2D eigenvalue weighted by atomic mass is 10.1. The lowest BCUT2D eigenvalue weighted by Crippen LogP contribution is -2.41. The summed E-state index contributed by atoms with van der Waals surface area (Å²) in [7, 11) is 0. The highest BCUT2D eigenvalue weighted by atomic mass is 16.4. The fourth-order valence-corrected chi connectivity index (χ4v) is 2.07. The summed E-state index contributed by atoms with van der Waals surface area (Å²) in [5.74, 6) is -1.16. The minimum Gasteiger partial charge on any atom is -0.480 e. The van der Waals surface area contributed by atoms with E-state index < -0.39 is 12.0 Å². The first-order chi connectivity index (χ1) is 9.42. The quantitative estimate of drug-likeness (QED) is 0.713. The van der Waals surface area contributed by atoms with Crippen molar-refractivity contribution in [3.8, 4) is 0 Å². The molecule has 1 unspecified atom stereocenters. The van der Waals surface area contributed by atoms with Crippen LogP contribution < -0.4 is 10.6 Å². The molecule has 1 aromatic carbocycles. The van der Waals surface area contributed by atoms with E-state index in [0.717, 1.165) is 23.2 Å². The zero-order chi connectivity index (χ0) is 15.1. The van der Waals surface area contributed by atoms with Crippen molar-refractivity contribution in [1.29, 1.82) is 0 Å². The Morgan fingerprint density at radius 1 is 1.20 bits per heavy atom. The van der Waals surface area contributed by atoms with Gasteiger partial charge in [0.25, 0.3) is 0 Å². The first-order valence-electron chi connectivity index (χ1n) is 6.76. The normalized spacial score (nSPS) is 11.9. The van der Waals surface area contributed by atoms with Gasteiger partial charge in [0.05, 0.1) is 6.54 Å². The van der Waals surface area contributed by atoms with Crippen LogP contribution in [-0.2, 0) is 9.59 Å². The number of nitrogens with one attached hydrogen (secondary N) is 2. The van der Waals surface area contributed by atoms with E-state index in [-0.39, 0.29) is 12.5 Å². The molecule has 20 heavy (non-hydrogen) atoms. The molecule has 0 aliphatic carbocycles. The lowest BCUT2D eigenvalue weighted by Gasteiger charge is -2.13. The Hall–Kier alpha value is -1.88. The lowest BCUT2D eigenvalue weighted by molar-refractivity contribution is -0.139. The fourth-order valence-electron chi connectivity index (χ4n) is 2.07. The van der Waals surface area contributed by atoms with E-state index in [9.17, 15) is 9.59 Å². The topological polar surface area (TPSA) is 78.4 Å². The van der Waals surface area contributed by atoms with Crippen molar-refractivity contribution in [2.75, 3.05) is 11.9 Å². The maximum absolute atomic E-state index is 11.8. The SMILES string of the molecule is CCCC(NCC(=O)Nc1cc(C)cc(C)c1)C(=O)O. The van der Waals surface area contributed by atoms with Crippen molar-refractivity contribution in [3.05, 3.63) is 29.3 Å². The number of carboxylic acids is 1. The van der Waals surface area contributed by atoms with E-state index >= 15 is 0 Å². The van der Waals surface area contributed by atoms with Gasteiger partial charge >= 0.3 is 5.97 Å². The third-order valence-corrected chi connectivity index (χ3v) is 2.89. The van der Waals surface area contributed by atoms with Crippen molar-refractivity contribution in [2.45, 2.75) is 39.7 Å². The number of aliphatic carboxylic acids is 1. The van der Waals surface area contributed by atoms with Gasteiger partial charge in [-0.25, -0.2) is 0 Å². The summed E-state index contributed by atoms with van der Waals surface area (Å²) in [5, 5.41) is 14.5. The van der Waals surface area contributed by atoms with Crippen molar-refractivity contribution in [3.63, 3.8) is 0 Å². The Bertz CT molecular complexity index is 466. The molecule has 0 radical (unpaired) electrons. The third kappa shape index (κ3) is 5.40. The predicted octanol–water partition coefficient (Wildman–Crippen LogP) is 2.08. The second kappa shape index (κ2) is 7.65. The largest absolute Gasteiger partial charge is 0.480 e. The van der Waals surface area contributed by atoms with Crippen molar-refractivity contribution in [1.82, 2.24) is 5.32 Å². The van der Waals surface area contributed by atoms with E-state index in [0.29, 0.717) is 6.42 Å². The van der Waals surface area contributed by atoms with E-state index in [2.05, 4.69) is 10.6 Å². The minimum absolute atomic E-state index is 0.00996. The number of carbonyl (C=O) groups is 2. The monoisotopic (exact) mass is 278 g/mol. The number of carboxylic acid groups (broad SMARTS) is 1. The summed E-state index contributed by atoms with van der Waals surface area (Å²) in [6.45, 7) is 5.82. The summed E-state index contributed by atoms with van der Waals surface area (Å²) in [6.07, 6.45) is 1.26. The van der Waals surface area contributed by atoms with Gasteiger partial charge in [-0.05, 0) is 43.5 Å². The van der Waals surface area contributed by atoms with Crippen LogP contribution in [0.25, 0.3) is 0 Å². The van der Waals surface area contributed by atoms with E-state index in [1.165, 1.54) is 0 Å². The zero-order valence-electron chi connectivity index (χ0n) is 12.2. The van der Waals surface area contributed by atoms with Gasteiger partial charge in [0.1, 0.15) is 6.04 Å². The van der Waals surface area contributed by atoms with Gasteiger partial charge in [0.2, 0.25) is 5.91 Å². The smallest absolute Gasteiger partial charge is 0.320 e. The third-order valence-electron chi connectivity index (χ3n) is 2.89. The van der Waals surface area contributed by atoms with Gasteiger partial charge in [0, 0.05) is 5.69 Å². The summed E-state index contributed by atoms with van der Waals surface area (Å²) in [6, 6.07) is 5.11. The molecule has 5 heteroatoms. The molecule has 0 saturated carbocycles. The predicted molar refractivity (Wildman–Crippen MR) is 78.9 cm³/mol. The highest BCUT2D eigenvalue weighted by Crippen LogP contribution is 2.13. The molecule has 1 atom stereocenters. The average Bonchev–Trinajstić information content (AvgIpc) is 2.32. The number of rotatable bonds is 7. The molecule has 0 fully saturated rings. The Labute approximate surface area is 119 Å². The Morgan fingerprint density at radius 2 is 1.80 bits per heavy atom. The first kappa shape index (κ1) is 16.2. The number of amides is 1. The van der Waals surface area contributed by atoms with Crippen LogP contribution in [0.4, 0.5) is 5.69 Å². The van der Waals surface area contributed by atoms with Gasteiger partial charge in [-0.15, -0.1) is 0 Å². The molecule has 5 nitrogen and oxygen atoms in total. The molecule has 3 N–H and O–H groups in total. The van der Waals surface area contributed by atoms with Crippen LogP contribution in [0.5, 0.6) is 0 Å². The van der Waals surface area contributed by atoms with Gasteiger partial charge in [-0.1, -0.05) is 19.4 Å². The summed E-state index contributed by atoms with van der Waals surface area (Å²) in [5.41, 5.74) is 2.88. The van der Waals surface area contributed by atoms with Gasteiger partial charge < -0.3 is 10.4 Å². The standard InChI is InChI=1S/C15H22N2O3/c1-4-5-13(15(19)20)16-9-14(18)17-12-7-10(2)6-11(3)8-12/h6-8,13,16H,4-5,9H2,1-3H3,(H,17,18)(H,19,20). The van der Waals surface area contributed by atoms with E-state index in [1.807, 2.05) is 39.0 Å². The number of hydrogen-bond donors (Lipinski definition) is 3. The molecule has 1 aromatic rings. The maximum atomic E-state index is 11.8. The van der Waals surface area contributed by atoms with Crippen LogP contribution in [-0.4, -0.2) is 29.6 Å². The molecular weight excluding hydrogens is 256 g/mol. The average molecular weight is 278 g/mol. The van der Waals surface area contributed by atoms with E-state index in [4.69, 9.17) is 5.11 Å². The summed E-state index contributed by atoms with van der Waals surface area (Å²) < 4.78 is 0. The molecule has 0 aromatic heterocycles. The number of carbonyl (C=O) groups excluding carboxylic acids is 1. The molecule has 1 rings (SSSR count). The highest BCUT2D eigenvalue weighted by Gasteiger charge is 2.16. The van der Waals surface area contributed by atoms with Crippen molar-refractivity contribution in [2.24, 2.45) is 0 Å². The molecule has 1 amide bonds. The molecule has 0 aliphatic rings. The van der Waals surface area contributed by atoms with Crippen LogP contribution in [0.1, 0.15) is 30.9 Å². The Balaban J connectivity index is 2.52. The number of hydrogen-bond acceptors (Lipinski definition) is 3. The molecule has 0 aliphatic heterocycles. The molecule has 0 saturated heterocycles. The number of aryl methyl sites for hydroxylation is 2. The number of benzene rings is 1. The highest BCUT2D eigenvalue weighted by molar-refractivity contribution is 5.92. The zero-order valence-corrected chi connectivity index (χ0v) is 12.2. The molecule has 0 spiro atoms. The Morgan fingerprint density at radius 3 is 2.30 bits per heavy atom. The molecule has 0 heterocycles. The van der Waals surface area contributed by atoms with Gasteiger partial charge in [-0.2, -0.15) is 0 Å². The van der Waals surface area contributed by atoms with Gasteiger partial charge in [-0.3, -0.25) is 14.9 Å². The van der Waals surface area contributed by atoms with Crippen molar-refractivity contribution < 1.29 is 14.7 Å². The second-order valence-electron chi connectivity index (χ2n) is 4.98. The maximum Gasteiger partial charge on any atom is 0.320 e. The van der Waals surface area contributed by atoms with Crippen LogP contribution in [0.3, 0.4) is 0 Å².